The Morgan fingerprint density at radius 1 is 1.50 bits per heavy atom. The summed E-state index contributed by atoms with van der Waals surface area (Å²) < 4.78 is 0. The van der Waals surface area contributed by atoms with Gasteiger partial charge in [0.15, 0.2) is 0 Å². The summed E-state index contributed by atoms with van der Waals surface area (Å²) in [5.74, 6) is -0.315. The Bertz CT molecular complexity index is 464. The molecule has 1 aromatic carbocycles. The number of anilines is 1. The van der Waals surface area contributed by atoms with Gasteiger partial charge in [-0.15, -0.1) is 0 Å². The summed E-state index contributed by atoms with van der Waals surface area (Å²) in [6.45, 7) is 3.02. The smallest absolute Gasteiger partial charge is 0.0948 e. The second-order valence-corrected chi connectivity index (χ2v) is 5.00. The average molecular weight is 244 g/mol. The number of fused-ring (bicyclic) bond motifs is 1. The van der Waals surface area contributed by atoms with Crippen LogP contribution < -0.4 is 4.90 Å². The molecule has 1 aromatic rings. The monoisotopic (exact) mass is 244 g/mol. The van der Waals surface area contributed by atoms with Crippen molar-refractivity contribution in [1.82, 2.24) is 0 Å². The van der Waals surface area contributed by atoms with Crippen LogP contribution in [0.5, 0.6) is 0 Å². The van der Waals surface area contributed by atoms with E-state index in [0.717, 1.165) is 24.9 Å². The summed E-state index contributed by atoms with van der Waals surface area (Å²) in [5.41, 5.74) is 3.41. The van der Waals surface area contributed by atoms with Crippen LogP contribution >= 0.6 is 0 Å². The summed E-state index contributed by atoms with van der Waals surface area (Å²) in [4.78, 5) is 2.25. The lowest BCUT2D eigenvalue weighted by atomic mass is 9.91. The predicted octanol–water partition coefficient (Wildman–Crippen LogP) is 2.65. The number of aliphatic hydroxyl groups is 1. The highest BCUT2D eigenvalue weighted by Crippen LogP contribution is 2.31. The Hall–Kier alpha value is -1.53. The normalized spacial score (nSPS) is 17.8. The highest BCUT2D eigenvalue weighted by atomic mass is 16.3. The molecule has 96 valence electrons. The summed E-state index contributed by atoms with van der Waals surface area (Å²) in [7, 11) is 2.10. The Balaban J connectivity index is 2.29. The third-order valence-corrected chi connectivity index (χ3v) is 3.78. The van der Waals surface area contributed by atoms with E-state index in [1.807, 2.05) is 13.0 Å². The molecule has 1 aliphatic rings. The molecule has 0 saturated carbocycles. The lowest BCUT2D eigenvalue weighted by Gasteiger charge is -2.28. The third kappa shape index (κ3) is 2.34. The van der Waals surface area contributed by atoms with Gasteiger partial charge in [-0.25, -0.2) is 0 Å². The van der Waals surface area contributed by atoms with Crippen molar-refractivity contribution in [1.29, 1.82) is 5.26 Å². The van der Waals surface area contributed by atoms with Crippen molar-refractivity contribution in [3.63, 3.8) is 0 Å². The lowest BCUT2D eigenvalue weighted by molar-refractivity contribution is 0.132. The van der Waals surface area contributed by atoms with Gasteiger partial charge in [0.25, 0.3) is 0 Å². The second-order valence-electron chi connectivity index (χ2n) is 5.00. The minimum atomic E-state index is -0.669. The van der Waals surface area contributed by atoms with Crippen LogP contribution in [-0.2, 0) is 6.42 Å². The number of nitrogens with zero attached hydrogens (tertiary/aromatic N) is 2. The summed E-state index contributed by atoms with van der Waals surface area (Å²) in [5, 5.41) is 19.2. The molecule has 1 N–H and O–H groups in total. The van der Waals surface area contributed by atoms with Gasteiger partial charge in [0.05, 0.1) is 18.1 Å². The second kappa shape index (κ2) is 5.41. The Morgan fingerprint density at radius 3 is 2.94 bits per heavy atom. The van der Waals surface area contributed by atoms with Crippen molar-refractivity contribution >= 4 is 5.69 Å². The van der Waals surface area contributed by atoms with Gasteiger partial charge in [0, 0.05) is 19.3 Å². The third-order valence-electron chi connectivity index (χ3n) is 3.78. The lowest BCUT2D eigenvalue weighted by Crippen LogP contribution is -2.25. The van der Waals surface area contributed by atoms with Crippen molar-refractivity contribution in [3.8, 4) is 6.07 Å². The predicted molar refractivity (Wildman–Crippen MR) is 72.4 cm³/mol. The van der Waals surface area contributed by atoms with E-state index in [4.69, 9.17) is 5.26 Å². The number of benzene rings is 1. The van der Waals surface area contributed by atoms with Crippen molar-refractivity contribution < 1.29 is 5.11 Å². The quantitative estimate of drug-likeness (QED) is 0.889. The molecule has 3 heteroatoms. The van der Waals surface area contributed by atoms with E-state index in [9.17, 15) is 5.11 Å². The molecule has 3 nitrogen and oxygen atoms in total. The topological polar surface area (TPSA) is 47.3 Å². The first-order valence-corrected chi connectivity index (χ1v) is 6.59. The first-order valence-electron chi connectivity index (χ1n) is 6.59. The SMILES string of the molecule is CCC(C#N)C(O)c1ccc2c(c1)CCCN2C. The maximum absolute atomic E-state index is 10.2. The molecule has 2 atom stereocenters. The van der Waals surface area contributed by atoms with E-state index in [2.05, 4.69) is 30.1 Å². The number of rotatable bonds is 3. The molecule has 0 bridgehead atoms. The summed E-state index contributed by atoms with van der Waals surface area (Å²) in [6, 6.07) is 8.26. The molecule has 18 heavy (non-hydrogen) atoms. The minimum absolute atomic E-state index is 0.315. The van der Waals surface area contributed by atoms with Gasteiger partial charge in [0.2, 0.25) is 0 Å². The fraction of sp³-hybridized carbons (Fsp3) is 0.533. The minimum Gasteiger partial charge on any atom is -0.387 e. The van der Waals surface area contributed by atoms with E-state index in [-0.39, 0.29) is 5.92 Å². The molecule has 0 saturated heterocycles. The van der Waals surface area contributed by atoms with Crippen molar-refractivity contribution in [2.75, 3.05) is 18.5 Å². The van der Waals surface area contributed by atoms with E-state index in [1.54, 1.807) is 0 Å². The zero-order valence-electron chi connectivity index (χ0n) is 11.1. The van der Waals surface area contributed by atoms with Crippen molar-refractivity contribution in [3.05, 3.63) is 29.3 Å². The number of hydrogen-bond donors (Lipinski definition) is 1. The van der Waals surface area contributed by atoms with Crippen LogP contribution in [-0.4, -0.2) is 18.7 Å². The molecule has 2 rings (SSSR count). The van der Waals surface area contributed by atoms with Crippen LogP contribution in [0.15, 0.2) is 18.2 Å². The highest BCUT2D eigenvalue weighted by Gasteiger charge is 2.21. The van der Waals surface area contributed by atoms with Crippen LogP contribution in [0, 0.1) is 17.2 Å². The van der Waals surface area contributed by atoms with E-state index in [0.29, 0.717) is 6.42 Å². The Kier molecular flexibility index (Phi) is 3.88. The number of aryl methyl sites for hydroxylation is 1. The molecule has 0 spiro atoms. The Labute approximate surface area is 109 Å². The first kappa shape index (κ1) is 12.9. The fourth-order valence-corrected chi connectivity index (χ4v) is 2.61. The summed E-state index contributed by atoms with van der Waals surface area (Å²) >= 11 is 0. The van der Waals surface area contributed by atoms with Gasteiger partial charge in [-0.2, -0.15) is 5.26 Å². The van der Waals surface area contributed by atoms with Gasteiger partial charge in [-0.05, 0) is 36.5 Å². The molecule has 0 radical (unpaired) electrons. The molecule has 2 unspecified atom stereocenters. The van der Waals surface area contributed by atoms with E-state index < -0.39 is 6.10 Å². The fourth-order valence-electron chi connectivity index (χ4n) is 2.61. The molecule has 0 amide bonds. The van der Waals surface area contributed by atoms with Gasteiger partial charge < -0.3 is 10.0 Å². The highest BCUT2D eigenvalue weighted by molar-refractivity contribution is 5.56. The van der Waals surface area contributed by atoms with Crippen molar-refractivity contribution in [2.24, 2.45) is 5.92 Å². The van der Waals surface area contributed by atoms with Crippen molar-refractivity contribution in [2.45, 2.75) is 32.3 Å². The average Bonchev–Trinajstić information content (AvgIpc) is 2.40. The number of hydrogen-bond acceptors (Lipinski definition) is 3. The van der Waals surface area contributed by atoms with E-state index in [1.165, 1.54) is 11.3 Å². The van der Waals surface area contributed by atoms with Gasteiger partial charge in [-0.3, -0.25) is 0 Å². The van der Waals surface area contributed by atoms with Crippen LogP contribution in [0.25, 0.3) is 0 Å². The van der Waals surface area contributed by atoms with Crippen LogP contribution in [0.1, 0.15) is 37.0 Å². The number of nitriles is 1. The van der Waals surface area contributed by atoms with Crippen LogP contribution in [0.2, 0.25) is 0 Å². The molecule has 0 aromatic heterocycles. The zero-order chi connectivity index (χ0) is 13.1. The zero-order valence-corrected chi connectivity index (χ0v) is 11.1. The standard InChI is InChI=1S/C15H20N2O/c1-3-11(10-16)15(18)13-6-7-14-12(9-13)5-4-8-17(14)2/h6-7,9,11,15,18H,3-5,8H2,1-2H3. The molecular weight excluding hydrogens is 224 g/mol. The maximum atomic E-state index is 10.2. The molecule has 1 aliphatic heterocycles. The number of aliphatic hydroxyl groups excluding tert-OH is 1. The van der Waals surface area contributed by atoms with Gasteiger partial charge >= 0.3 is 0 Å². The van der Waals surface area contributed by atoms with Gasteiger partial charge in [0.1, 0.15) is 0 Å². The molecule has 1 heterocycles. The van der Waals surface area contributed by atoms with Crippen LogP contribution in [0.3, 0.4) is 0 Å². The summed E-state index contributed by atoms with van der Waals surface area (Å²) in [6.07, 6.45) is 2.22. The molecular formula is C15H20N2O. The van der Waals surface area contributed by atoms with E-state index >= 15 is 0 Å². The molecule has 0 fully saturated rings. The largest absolute Gasteiger partial charge is 0.387 e. The first-order chi connectivity index (χ1) is 8.67. The van der Waals surface area contributed by atoms with Crippen LogP contribution in [0.4, 0.5) is 5.69 Å². The van der Waals surface area contributed by atoms with Gasteiger partial charge in [-0.1, -0.05) is 19.1 Å². The maximum Gasteiger partial charge on any atom is 0.0948 e. The molecule has 0 aliphatic carbocycles. The Morgan fingerprint density at radius 2 is 2.28 bits per heavy atom.